The summed E-state index contributed by atoms with van der Waals surface area (Å²) < 4.78 is 5.40. The first kappa shape index (κ1) is 14.0. The second-order valence-electron chi connectivity index (χ2n) is 5.91. The van der Waals surface area contributed by atoms with Gasteiger partial charge in [-0.15, -0.1) is 0 Å². The Morgan fingerprint density at radius 2 is 2.00 bits per heavy atom. The number of ether oxygens (including phenoxy) is 1. The molecular formula is C16H23NO2. The predicted molar refractivity (Wildman–Crippen MR) is 75.5 cm³/mol. The molecule has 1 saturated carbocycles. The molecule has 0 aromatic carbocycles. The van der Waals surface area contributed by atoms with Gasteiger partial charge < -0.3 is 4.74 Å². The highest BCUT2D eigenvalue weighted by atomic mass is 16.5. The highest BCUT2D eigenvalue weighted by Gasteiger charge is 2.36. The van der Waals surface area contributed by atoms with Crippen LogP contribution < -0.4 is 4.74 Å². The van der Waals surface area contributed by atoms with Gasteiger partial charge in [0.25, 0.3) is 0 Å². The Labute approximate surface area is 115 Å². The second-order valence-corrected chi connectivity index (χ2v) is 5.91. The van der Waals surface area contributed by atoms with E-state index in [1.807, 2.05) is 13.8 Å². The first-order valence-corrected chi connectivity index (χ1v) is 7.00. The largest absolute Gasteiger partial charge is 0.496 e. The van der Waals surface area contributed by atoms with Crippen LogP contribution >= 0.6 is 0 Å². The molecular weight excluding hydrogens is 238 g/mol. The smallest absolute Gasteiger partial charge is 0.144 e. The van der Waals surface area contributed by atoms with Crippen molar-refractivity contribution < 1.29 is 9.53 Å². The van der Waals surface area contributed by atoms with Crippen molar-refractivity contribution in [3.05, 3.63) is 23.0 Å². The minimum atomic E-state index is -0.133. The van der Waals surface area contributed by atoms with Gasteiger partial charge in [-0.05, 0) is 26.7 Å². The van der Waals surface area contributed by atoms with Gasteiger partial charge in [0, 0.05) is 29.2 Å². The molecule has 1 aliphatic rings. The fraction of sp³-hybridized carbons (Fsp3) is 0.625. The van der Waals surface area contributed by atoms with Gasteiger partial charge in [-0.3, -0.25) is 9.78 Å². The van der Waals surface area contributed by atoms with Crippen molar-refractivity contribution in [1.82, 2.24) is 4.98 Å². The molecule has 0 unspecified atom stereocenters. The van der Waals surface area contributed by atoms with Crippen LogP contribution in [0.1, 0.15) is 49.4 Å². The highest BCUT2D eigenvalue weighted by molar-refractivity contribution is 5.86. The van der Waals surface area contributed by atoms with E-state index in [1.54, 1.807) is 13.3 Å². The number of hydrogen-bond acceptors (Lipinski definition) is 3. The number of aromatic nitrogens is 1. The summed E-state index contributed by atoms with van der Waals surface area (Å²) >= 11 is 0. The standard InChI is InChI=1S/C16H23NO2/c1-11-10-17-13(12(2)15(11)19-4)9-14(18)16(3)7-5-6-8-16/h10H,5-9H2,1-4H3. The molecule has 1 aromatic rings. The molecule has 0 aliphatic heterocycles. The molecule has 3 nitrogen and oxygen atoms in total. The lowest BCUT2D eigenvalue weighted by Crippen LogP contribution is -2.26. The maximum Gasteiger partial charge on any atom is 0.144 e. The Kier molecular flexibility index (Phi) is 3.93. The van der Waals surface area contributed by atoms with E-state index in [-0.39, 0.29) is 5.41 Å². The van der Waals surface area contributed by atoms with E-state index in [1.165, 1.54) is 12.8 Å². The van der Waals surface area contributed by atoms with E-state index >= 15 is 0 Å². The molecule has 0 radical (unpaired) electrons. The summed E-state index contributed by atoms with van der Waals surface area (Å²) in [5.74, 6) is 1.18. The fourth-order valence-corrected chi connectivity index (χ4v) is 3.05. The number of ketones is 1. The summed E-state index contributed by atoms with van der Waals surface area (Å²) in [4.78, 5) is 16.9. The van der Waals surface area contributed by atoms with Crippen LogP contribution in [0.25, 0.3) is 0 Å². The summed E-state index contributed by atoms with van der Waals surface area (Å²) in [7, 11) is 1.67. The first-order valence-electron chi connectivity index (χ1n) is 7.00. The van der Waals surface area contributed by atoms with Crippen LogP contribution in [-0.4, -0.2) is 17.9 Å². The van der Waals surface area contributed by atoms with Crippen molar-refractivity contribution in [2.45, 2.75) is 52.9 Å². The first-order chi connectivity index (χ1) is 8.98. The molecule has 1 heterocycles. The SMILES string of the molecule is COc1c(C)cnc(CC(=O)C2(C)CCCC2)c1C. The third-order valence-electron chi connectivity index (χ3n) is 4.46. The van der Waals surface area contributed by atoms with Gasteiger partial charge in [0.15, 0.2) is 0 Å². The number of rotatable bonds is 4. The fourth-order valence-electron chi connectivity index (χ4n) is 3.05. The zero-order chi connectivity index (χ0) is 14.0. The Morgan fingerprint density at radius 3 is 2.58 bits per heavy atom. The third kappa shape index (κ3) is 2.65. The monoisotopic (exact) mass is 261 g/mol. The summed E-state index contributed by atoms with van der Waals surface area (Å²) in [6.07, 6.45) is 6.61. The minimum Gasteiger partial charge on any atom is -0.496 e. The highest BCUT2D eigenvalue weighted by Crippen LogP contribution is 2.39. The Morgan fingerprint density at radius 1 is 1.37 bits per heavy atom. The molecule has 2 rings (SSSR count). The summed E-state index contributed by atoms with van der Waals surface area (Å²) in [6, 6.07) is 0. The maximum absolute atomic E-state index is 12.5. The van der Waals surface area contributed by atoms with Crippen LogP contribution in [-0.2, 0) is 11.2 Å². The van der Waals surface area contributed by atoms with Gasteiger partial charge in [0.1, 0.15) is 11.5 Å². The van der Waals surface area contributed by atoms with Gasteiger partial charge in [-0.25, -0.2) is 0 Å². The van der Waals surface area contributed by atoms with Crippen LogP contribution in [0.5, 0.6) is 5.75 Å². The van der Waals surface area contributed by atoms with Crippen molar-refractivity contribution >= 4 is 5.78 Å². The van der Waals surface area contributed by atoms with E-state index in [4.69, 9.17) is 4.74 Å². The summed E-state index contributed by atoms with van der Waals surface area (Å²) in [5, 5.41) is 0. The van der Waals surface area contributed by atoms with Gasteiger partial charge in [-0.1, -0.05) is 19.8 Å². The number of hydrogen-bond donors (Lipinski definition) is 0. The number of Topliss-reactive ketones (excluding diaryl/α,β-unsaturated/α-hetero) is 1. The Bertz CT molecular complexity index is 488. The zero-order valence-corrected chi connectivity index (χ0v) is 12.4. The third-order valence-corrected chi connectivity index (χ3v) is 4.46. The lowest BCUT2D eigenvalue weighted by Gasteiger charge is -2.22. The lowest BCUT2D eigenvalue weighted by atomic mass is 9.81. The minimum absolute atomic E-state index is 0.133. The number of aryl methyl sites for hydroxylation is 1. The molecule has 0 amide bonds. The Hall–Kier alpha value is -1.38. The normalized spacial score (nSPS) is 17.5. The van der Waals surface area contributed by atoms with Gasteiger partial charge in [-0.2, -0.15) is 0 Å². The molecule has 1 aliphatic carbocycles. The maximum atomic E-state index is 12.5. The van der Waals surface area contributed by atoms with Crippen molar-refractivity contribution in [2.75, 3.05) is 7.11 Å². The van der Waals surface area contributed by atoms with E-state index < -0.39 is 0 Å². The molecule has 0 atom stereocenters. The quantitative estimate of drug-likeness (QED) is 0.834. The van der Waals surface area contributed by atoms with Crippen molar-refractivity contribution in [2.24, 2.45) is 5.41 Å². The van der Waals surface area contributed by atoms with Crippen molar-refractivity contribution in [3.8, 4) is 5.75 Å². The van der Waals surface area contributed by atoms with E-state index in [9.17, 15) is 4.79 Å². The molecule has 1 fully saturated rings. The average molecular weight is 261 g/mol. The molecule has 0 N–H and O–H groups in total. The Balaban J connectivity index is 2.22. The van der Waals surface area contributed by atoms with E-state index in [0.717, 1.165) is 35.4 Å². The van der Waals surface area contributed by atoms with Gasteiger partial charge in [0.2, 0.25) is 0 Å². The van der Waals surface area contributed by atoms with Gasteiger partial charge in [0.05, 0.1) is 12.8 Å². The topological polar surface area (TPSA) is 39.2 Å². The number of carbonyl (C=O) groups excluding carboxylic acids is 1. The second kappa shape index (κ2) is 5.32. The van der Waals surface area contributed by atoms with Gasteiger partial charge >= 0.3 is 0 Å². The van der Waals surface area contributed by atoms with Crippen LogP contribution in [0, 0.1) is 19.3 Å². The predicted octanol–water partition coefficient (Wildman–Crippen LogP) is 3.40. The van der Waals surface area contributed by atoms with Crippen LogP contribution in [0.15, 0.2) is 6.20 Å². The van der Waals surface area contributed by atoms with Crippen molar-refractivity contribution in [3.63, 3.8) is 0 Å². The molecule has 3 heteroatoms. The van der Waals surface area contributed by atoms with Crippen molar-refractivity contribution in [1.29, 1.82) is 0 Å². The lowest BCUT2D eigenvalue weighted by molar-refractivity contribution is -0.127. The molecule has 104 valence electrons. The van der Waals surface area contributed by atoms with Crippen LogP contribution in [0.4, 0.5) is 0 Å². The summed E-state index contributed by atoms with van der Waals surface area (Å²) in [5.41, 5.74) is 2.74. The average Bonchev–Trinajstić information content (AvgIpc) is 2.82. The number of nitrogens with zero attached hydrogens (tertiary/aromatic N) is 1. The van der Waals surface area contributed by atoms with Crippen LogP contribution in [0.3, 0.4) is 0 Å². The zero-order valence-electron chi connectivity index (χ0n) is 12.4. The van der Waals surface area contributed by atoms with Crippen LogP contribution in [0.2, 0.25) is 0 Å². The number of methoxy groups -OCH3 is 1. The summed E-state index contributed by atoms with van der Waals surface area (Å²) in [6.45, 7) is 6.06. The molecule has 19 heavy (non-hydrogen) atoms. The molecule has 0 bridgehead atoms. The number of pyridine rings is 1. The number of carbonyl (C=O) groups is 1. The molecule has 0 saturated heterocycles. The molecule has 1 aromatic heterocycles. The molecule has 0 spiro atoms. The van der Waals surface area contributed by atoms with E-state index in [0.29, 0.717) is 12.2 Å². The van der Waals surface area contributed by atoms with E-state index in [2.05, 4.69) is 11.9 Å².